The van der Waals surface area contributed by atoms with Gasteiger partial charge < -0.3 is 10.4 Å². The fourth-order valence-corrected chi connectivity index (χ4v) is 1.94. The summed E-state index contributed by atoms with van der Waals surface area (Å²) in [6, 6.07) is 7.56. The van der Waals surface area contributed by atoms with Gasteiger partial charge in [0.2, 0.25) is 5.91 Å². The van der Waals surface area contributed by atoms with Gasteiger partial charge in [-0.1, -0.05) is 12.1 Å². The number of carbonyl (C=O) groups is 1. The van der Waals surface area contributed by atoms with Gasteiger partial charge in [-0.15, -0.1) is 11.8 Å². The van der Waals surface area contributed by atoms with Crippen LogP contribution in [-0.4, -0.2) is 23.3 Å². The van der Waals surface area contributed by atoms with E-state index in [1.807, 2.05) is 31.2 Å². The third kappa shape index (κ3) is 4.36. The molecule has 4 heteroatoms. The molecule has 0 fully saturated rings. The number of nitrogens with one attached hydrogen (secondary N) is 1. The molecule has 82 valence electrons. The molecule has 0 aliphatic heterocycles. The van der Waals surface area contributed by atoms with Gasteiger partial charge in [0, 0.05) is 11.4 Å². The highest BCUT2D eigenvalue weighted by Crippen LogP contribution is 2.18. The van der Waals surface area contributed by atoms with Crippen molar-refractivity contribution in [2.75, 3.05) is 12.3 Å². The van der Waals surface area contributed by atoms with Gasteiger partial charge in [-0.3, -0.25) is 4.79 Å². The summed E-state index contributed by atoms with van der Waals surface area (Å²) in [6.07, 6.45) is 0. The second-order valence-electron chi connectivity index (χ2n) is 3.05. The zero-order valence-corrected chi connectivity index (χ0v) is 9.51. The number of aliphatic hydroxyl groups excluding tert-OH is 1. The van der Waals surface area contributed by atoms with Crippen LogP contribution in [0.25, 0.3) is 0 Å². The minimum atomic E-state index is 0.0373. The molecule has 3 nitrogen and oxygen atoms in total. The number of hydrogen-bond acceptors (Lipinski definition) is 3. The maximum Gasteiger partial charge on any atom is 0.230 e. The Bertz CT molecular complexity index is 328. The van der Waals surface area contributed by atoms with Gasteiger partial charge in [0.15, 0.2) is 0 Å². The standard InChI is InChI=1S/C11H15NO2S/c1-2-12-11(14)8-15-10-5-3-4-9(6-10)7-13/h3-6,13H,2,7-8H2,1H3,(H,12,14). The van der Waals surface area contributed by atoms with E-state index in [4.69, 9.17) is 5.11 Å². The number of amides is 1. The average Bonchev–Trinajstić information content (AvgIpc) is 2.27. The summed E-state index contributed by atoms with van der Waals surface area (Å²) in [5.41, 5.74) is 0.871. The van der Waals surface area contributed by atoms with E-state index in [0.29, 0.717) is 12.3 Å². The van der Waals surface area contributed by atoms with Crippen LogP contribution >= 0.6 is 11.8 Å². The fourth-order valence-electron chi connectivity index (χ4n) is 1.13. The van der Waals surface area contributed by atoms with Crippen molar-refractivity contribution in [3.63, 3.8) is 0 Å². The van der Waals surface area contributed by atoms with Crippen LogP contribution in [0, 0.1) is 0 Å². The molecule has 0 radical (unpaired) electrons. The quantitative estimate of drug-likeness (QED) is 0.745. The Kier molecular flexibility index (Phi) is 5.21. The lowest BCUT2D eigenvalue weighted by Crippen LogP contribution is -2.24. The van der Waals surface area contributed by atoms with Gasteiger partial charge in [-0.2, -0.15) is 0 Å². The molecule has 0 heterocycles. The molecule has 15 heavy (non-hydrogen) atoms. The summed E-state index contributed by atoms with van der Waals surface area (Å²) in [7, 11) is 0. The Morgan fingerprint density at radius 3 is 3.00 bits per heavy atom. The molecule has 1 aromatic rings. The highest BCUT2D eigenvalue weighted by atomic mass is 32.2. The minimum absolute atomic E-state index is 0.0373. The first kappa shape index (κ1) is 12.1. The van der Waals surface area contributed by atoms with Crippen LogP contribution < -0.4 is 5.32 Å². The van der Waals surface area contributed by atoms with Gasteiger partial charge in [0.1, 0.15) is 0 Å². The van der Waals surface area contributed by atoms with E-state index in [1.165, 1.54) is 11.8 Å². The minimum Gasteiger partial charge on any atom is -0.392 e. The Hall–Kier alpha value is -1.00. The molecule has 0 bridgehead atoms. The zero-order valence-electron chi connectivity index (χ0n) is 8.69. The van der Waals surface area contributed by atoms with Crippen LogP contribution in [0.5, 0.6) is 0 Å². The molecule has 1 rings (SSSR count). The van der Waals surface area contributed by atoms with Crippen molar-refractivity contribution >= 4 is 17.7 Å². The third-order valence-corrected chi connectivity index (χ3v) is 2.82. The summed E-state index contributed by atoms with van der Waals surface area (Å²) in [5.74, 6) is 0.458. The number of aliphatic hydroxyl groups is 1. The average molecular weight is 225 g/mol. The van der Waals surface area contributed by atoms with Crippen LogP contribution in [0.4, 0.5) is 0 Å². The Balaban J connectivity index is 2.46. The van der Waals surface area contributed by atoms with Crippen molar-refractivity contribution in [2.45, 2.75) is 18.4 Å². The Labute approximate surface area is 93.9 Å². The summed E-state index contributed by atoms with van der Waals surface area (Å²) >= 11 is 1.47. The molecular weight excluding hydrogens is 210 g/mol. The van der Waals surface area contributed by atoms with Crippen molar-refractivity contribution in [1.82, 2.24) is 5.32 Å². The highest BCUT2D eigenvalue weighted by molar-refractivity contribution is 8.00. The SMILES string of the molecule is CCNC(=O)CSc1cccc(CO)c1. The predicted octanol–water partition coefficient (Wildman–Crippen LogP) is 1.41. The fraction of sp³-hybridized carbons (Fsp3) is 0.364. The molecule has 2 N–H and O–H groups in total. The molecule has 0 unspecified atom stereocenters. The van der Waals surface area contributed by atoms with Gasteiger partial charge in [-0.25, -0.2) is 0 Å². The normalized spacial score (nSPS) is 10.0. The zero-order chi connectivity index (χ0) is 11.1. The predicted molar refractivity (Wildman–Crippen MR) is 61.8 cm³/mol. The van der Waals surface area contributed by atoms with E-state index in [2.05, 4.69) is 5.32 Å². The van der Waals surface area contributed by atoms with Gasteiger partial charge in [0.05, 0.1) is 12.4 Å². The number of hydrogen-bond donors (Lipinski definition) is 2. The maximum atomic E-state index is 11.2. The Morgan fingerprint density at radius 2 is 2.33 bits per heavy atom. The van der Waals surface area contributed by atoms with Crippen molar-refractivity contribution < 1.29 is 9.90 Å². The topological polar surface area (TPSA) is 49.3 Å². The van der Waals surface area contributed by atoms with E-state index in [9.17, 15) is 4.79 Å². The number of thioether (sulfide) groups is 1. The van der Waals surface area contributed by atoms with Crippen LogP contribution in [0.2, 0.25) is 0 Å². The molecule has 0 saturated carbocycles. The molecule has 0 aromatic heterocycles. The van der Waals surface area contributed by atoms with Crippen LogP contribution in [0.15, 0.2) is 29.2 Å². The number of rotatable bonds is 5. The first-order chi connectivity index (χ1) is 7.26. The van der Waals surface area contributed by atoms with E-state index in [1.54, 1.807) is 0 Å². The second kappa shape index (κ2) is 6.48. The first-order valence-electron chi connectivity index (χ1n) is 4.85. The lowest BCUT2D eigenvalue weighted by molar-refractivity contribution is -0.118. The van der Waals surface area contributed by atoms with E-state index in [-0.39, 0.29) is 12.5 Å². The van der Waals surface area contributed by atoms with Gasteiger partial charge >= 0.3 is 0 Å². The molecule has 0 spiro atoms. The molecule has 0 saturated heterocycles. The summed E-state index contributed by atoms with van der Waals surface area (Å²) in [5, 5.41) is 11.7. The molecule has 0 aliphatic carbocycles. The lowest BCUT2D eigenvalue weighted by Gasteiger charge is -2.03. The second-order valence-corrected chi connectivity index (χ2v) is 4.10. The molecule has 1 aromatic carbocycles. The summed E-state index contributed by atoms with van der Waals surface area (Å²) < 4.78 is 0. The molecule has 1 amide bonds. The Morgan fingerprint density at radius 1 is 1.53 bits per heavy atom. The maximum absolute atomic E-state index is 11.2. The monoisotopic (exact) mass is 225 g/mol. The molecule has 0 atom stereocenters. The third-order valence-electron chi connectivity index (χ3n) is 1.82. The lowest BCUT2D eigenvalue weighted by atomic mass is 10.2. The smallest absolute Gasteiger partial charge is 0.230 e. The van der Waals surface area contributed by atoms with E-state index in [0.717, 1.165) is 10.5 Å². The van der Waals surface area contributed by atoms with Gasteiger partial charge in [0.25, 0.3) is 0 Å². The number of benzene rings is 1. The van der Waals surface area contributed by atoms with Crippen LogP contribution in [0.3, 0.4) is 0 Å². The van der Waals surface area contributed by atoms with Crippen molar-refractivity contribution in [2.24, 2.45) is 0 Å². The first-order valence-corrected chi connectivity index (χ1v) is 5.84. The van der Waals surface area contributed by atoms with Crippen LogP contribution in [-0.2, 0) is 11.4 Å². The van der Waals surface area contributed by atoms with E-state index < -0.39 is 0 Å². The van der Waals surface area contributed by atoms with Crippen molar-refractivity contribution in [1.29, 1.82) is 0 Å². The highest BCUT2D eigenvalue weighted by Gasteiger charge is 2.01. The summed E-state index contributed by atoms with van der Waals surface area (Å²) in [6.45, 7) is 2.60. The van der Waals surface area contributed by atoms with Crippen molar-refractivity contribution in [3.05, 3.63) is 29.8 Å². The van der Waals surface area contributed by atoms with Crippen molar-refractivity contribution in [3.8, 4) is 0 Å². The van der Waals surface area contributed by atoms with Crippen LogP contribution in [0.1, 0.15) is 12.5 Å². The largest absolute Gasteiger partial charge is 0.392 e. The molecule has 0 aliphatic rings. The number of carbonyl (C=O) groups excluding carboxylic acids is 1. The summed E-state index contributed by atoms with van der Waals surface area (Å²) in [4.78, 5) is 12.2. The molecular formula is C11H15NO2S. The van der Waals surface area contributed by atoms with E-state index >= 15 is 0 Å². The van der Waals surface area contributed by atoms with Gasteiger partial charge in [-0.05, 0) is 24.6 Å².